The second-order valence-corrected chi connectivity index (χ2v) is 28.2. The fraction of sp³-hybridized carbons (Fsp3) is 0.176. The summed E-state index contributed by atoms with van der Waals surface area (Å²) in [5.74, 6) is 6.02. The van der Waals surface area contributed by atoms with Gasteiger partial charge in [0.05, 0.1) is 55.1 Å². The van der Waals surface area contributed by atoms with Gasteiger partial charge in [-0.05, 0) is 169 Å². The van der Waals surface area contributed by atoms with E-state index in [1.165, 1.54) is 0 Å². The number of H-pyrrole nitrogens is 2. The predicted molar refractivity (Wildman–Crippen MR) is 441 cm³/mol. The zero-order chi connectivity index (χ0) is 71.6. The Labute approximate surface area is 628 Å². The number of rotatable bonds is 24. The molecular weight excluding hydrogens is 1240 g/mol. The molecule has 8 aromatic carbocycles. The van der Waals surface area contributed by atoms with Crippen molar-refractivity contribution >= 4 is 221 Å². The van der Waals surface area contributed by atoms with Crippen molar-refractivity contribution in [2.24, 2.45) is 0 Å². The lowest BCUT2D eigenvalue weighted by Crippen LogP contribution is -2.15. The van der Waals surface area contributed by atoms with Crippen molar-refractivity contribution in [2.45, 2.75) is 69.4 Å². The van der Waals surface area contributed by atoms with Crippen molar-refractivity contribution in [3.63, 3.8) is 0 Å². The van der Waals surface area contributed by atoms with Gasteiger partial charge in [-0.25, -0.2) is 29.9 Å². The maximum absolute atomic E-state index is 6.63. The van der Waals surface area contributed by atoms with Crippen LogP contribution < -0.4 is 18.9 Å². The zero-order valence-corrected chi connectivity index (χ0v) is 56.5. The van der Waals surface area contributed by atoms with E-state index in [1.54, 1.807) is 57.4 Å². The quantitative estimate of drug-likeness (QED) is 0.0592. The number of aromatic amines is 2. The van der Waals surface area contributed by atoms with E-state index in [0.29, 0.717) is 161 Å². The molecule has 9 heterocycles. The maximum Gasteiger partial charge on any atom is 0.164 e. The molecule has 6 aliphatic heterocycles. The van der Waals surface area contributed by atoms with Crippen LogP contribution >= 0.6 is 0 Å². The summed E-state index contributed by atoms with van der Waals surface area (Å²) in [6, 6.07) is 54.5. The number of nitrogens with one attached hydrogen (secondary N) is 2. The highest BCUT2D eigenvalue weighted by molar-refractivity contribution is 7.30. The Morgan fingerprint density at radius 1 is 0.288 bits per heavy atom. The highest BCUT2D eigenvalue weighted by atomic mass is 16.5. The lowest BCUT2D eigenvalue weighted by atomic mass is 8.78. The Morgan fingerprint density at radius 3 is 0.788 bits per heavy atom. The van der Waals surface area contributed by atoms with E-state index in [9.17, 15) is 0 Å². The molecule has 0 spiro atoms. The van der Waals surface area contributed by atoms with Gasteiger partial charge < -0.3 is 28.9 Å². The van der Waals surface area contributed by atoms with Gasteiger partial charge in [-0.2, -0.15) is 0 Å². The largest absolute Gasteiger partial charge is 0.457 e. The molecule has 3 aromatic heterocycles. The maximum atomic E-state index is 6.63. The number of hydrogen-bond donors (Lipinski definition) is 2. The first-order valence-corrected chi connectivity index (χ1v) is 34.5. The molecule has 4 saturated heterocycles. The third-order valence-corrected chi connectivity index (χ3v) is 22.5. The summed E-state index contributed by atoms with van der Waals surface area (Å²) in [5, 5.41) is 1.16. The fourth-order valence-corrected chi connectivity index (χ4v) is 16.0. The van der Waals surface area contributed by atoms with Crippen LogP contribution in [0.3, 0.4) is 0 Å². The smallest absolute Gasteiger partial charge is 0.164 e. The Kier molecular flexibility index (Phi) is 17.9. The molecule has 8 bridgehead atoms. The second-order valence-electron chi connectivity index (χ2n) is 28.2. The predicted octanol–water partition coefficient (Wildman–Crippen LogP) is 7.31. The van der Waals surface area contributed by atoms with Gasteiger partial charge in [0.25, 0.3) is 0 Å². The SMILES string of the molecule is [B][10B]C1[10B]([B])C1([10B][B])Cc1ccc(Oc2ccc3c(c2)-c2nc-3nc3[nH]c(nc4nc(nc5[nH]c(n2)c2ccc(Oc6ccc(CC7([10B][B])[10B]([B])C7[10B][B])cc6)cc52)-c2ccc(Oc5ccc(CC6([10B][B])[10B]([B])C6[10B][B])cc5)cc2-4)c2ccc(Oc4ccc(CC5([10B][B])[10B]([B])C5[10B][B])cc4)cc32)cc1. The molecule has 12 nitrogen and oxygen atoms in total. The molecule has 0 saturated carbocycles. The van der Waals surface area contributed by atoms with Gasteiger partial charge in [0.2, 0.25) is 0 Å². The number of fused-ring (bicyclic) bond motifs is 20. The monoisotopic (exact) mass is 1290 g/mol. The summed E-state index contributed by atoms with van der Waals surface area (Å²) in [5.41, 5.74) is 8.59. The third-order valence-electron chi connectivity index (χ3n) is 22.5. The van der Waals surface area contributed by atoms with Crippen molar-refractivity contribution in [3.8, 4) is 91.5 Å². The minimum atomic E-state index is -0.409. The van der Waals surface area contributed by atoms with E-state index < -0.39 is 20.9 Å². The highest BCUT2D eigenvalue weighted by Gasteiger charge is 2.61. The summed E-state index contributed by atoms with van der Waals surface area (Å²) >= 11 is 0. The average Bonchev–Trinajstić information content (AvgIpc) is 1.58. The first-order valence-electron chi connectivity index (χ1n) is 34.5. The van der Waals surface area contributed by atoms with Crippen LogP contribution in [0.5, 0.6) is 46.0 Å². The van der Waals surface area contributed by atoms with E-state index in [1.807, 2.05) is 170 Å². The van der Waals surface area contributed by atoms with Gasteiger partial charge in [0.1, 0.15) is 68.6 Å². The lowest BCUT2D eigenvalue weighted by Gasteiger charge is -2.17. The molecule has 450 valence electrons. The Balaban J connectivity index is 0.790. The summed E-state index contributed by atoms with van der Waals surface area (Å²) in [6.07, 6.45) is 2.52. The molecular formula is C68H42B24N8O4. The summed E-state index contributed by atoms with van der Waals surface area (Å²) in [4.78, 5) is 39.2. The van der Waals surface area contributed by atoms with Crippen LogP contribution in [0, 0.1) is 0 Å². The van der Waals surface area contributed by atoms with Gasteiger partial charge >= 0.3 is 0 Å². The highest BCUT2D eigenvalue weighted by Crippen LogP contribution is 2.64. The topological polar surface area (TPSA) is 146 Å². The van der Waals surface area contributed by atoms with Crippen LogP contribution in [-0.4, -0.2) is 216 Å². The molecule has 8 unspecified atom stereocenters. The summed E-state index contributed by atoms with van der Waals surface area (Å²) in [7, 11) is 87.4. The Hall–Kier alpha value is -8.12. The van der Waals surface area contributed by atoms with Crippen molar-refractivity contribution < 1.29 is 18.9 Å². The van der Waals surface area contributed by atoms with Gasteiger partial charge in [-0.15, -0.1) is 43.7 Å². The van der Waals surface area contributed by atoms with Crippen molar-refractivity contribution in [2.75, 3.05) is 0 Å². The van der Waals surface area contributed by atoms with Crippen LogP contribution in [0.1, 0.15) is 22.3 Å². The number of ether oxygens (including phenoxy) is 4. The first-order chi connectivity index (χ1) is 50.6. The summed E-state index contributed by atoms with van der Waals surface area (Å²) < 4.78 is 26.5. The van der Waals surface area contributed by atoms with Gasteiger partial charge in [-0.1, -0.05) is 48.5 Å². The molecule has 104 heavy (non-hydrogen) atoms. The minimum absolute atomic E-state index is 0.00828. The molecule has 0 amide bonds. The van der Waals surface area contributed by atoms with Crippen LogP contribution in [0.4, 0.5) is 0 Å². The second kappa shape index (κ2) is 27.0. The van der Waals surface area contributed by atoms with Gasteiger partial charge in [-0.3, -0.25) is 0 Å². The van der Waals surface area contributed by atoms with E-state index in [2.05, 4.69) is 9.97 Å². The van der Waals surface area contributed by atoms with E-state index in [4.69, 9.17) is 142 Å². The molecule has 17 rings (SSSR count). The molecule has 8 atom stereocenters. The zero-order valence-electron chi connectivity index (χ0n) is 56.5. The average molecular weight is 1290 g/mol. The Bertz CT molecular complexity index is 5040. The van der Waals surface area contributed by atoms with Crippen LogP contribution in [0.15, 0.2) is 170 Å². The lowest BCUT2D eigenvalue weighted by molar-refractivity contribution is 0.482. The molecule has 2 N–H and O–H groups in total. The first kappa shape index (κ1) is 69.0. The molecule has 36 heteroatoms. The van der Waals surface area contributed by atoms with Crippen LogP contribution in [0.25, 0.3) is 89.7 Å². The standard InChI is InChI=1S/C68H42B24N8O4/c69-81-61-65(85-73,89(61)77)29-33-1-9-37(10-2-33)101-41-17-21-45-49(25-41)57-93-53(45)98-58-51-27-43(103-39-13-5-35(6-14-39)31-67(87-75)63(83-71)91(67)79)19-23-47(51)55(95-58)100-60-52-28-44(104-40-15-7-36(8-16-40)32-68(88-76)64(84-72)92(68)80)20-24-48(52)56(96-60)99-59-50-26-42(18-22-46(50)54(94-59)97-57)102-38-11-3-34(4-12-38)30-66(86-74)62(82-70)90(66)78/h1-28,61-64H,29-32H2,(H2,93,94,95,96,97,98,99,100)/i81-1,82-1,83-1,84-1,85-1,86-1,87-1,88-1,89-1,90-1,91-1,92-1. The fourth-order valence-electron chi connectivity index (χ4n) is 16.0. The van der Waals surface area contributed by atoms with E-state index in [-0.39, 0.29) is 49.3 Å². The molecule has 4 fully saturated rings. The van der Waals surface area contributed by atoms with E-state index in [0.717, 1.165) is 22.3 Å². The van der Waals surface area contributed by atoms with Crippen molar-refractivity contribution in [1.82, 2.24) is 39.9 Å². The van der Waals surface area contributed by atoms with Gasteiger partial charge in [0.15, 0.2) is 23.3 Å². The Morgan fingerprint density at radius 2 is 0.529 bits per heavy atom. The van der Waals surface area contributed by atoms with Crippen molar-refractivity contribution in [3.05, 3.63) is 192 Å². The third kappa shape index (κ3) is 12.0. The van der Waals surface area contributed by atoms with Crippen molar-refractivity contribution in [1.29, 1.82) is 0 Å². The van der Waals surface area contributed by atoms with E-state index >= 15 is 0 Å². The summed E-state index contributed by atoms with van der Waals surface area (Å²) in [6.45, 7) is -0.626. The number of benzene rings is 8. The molecule has 32 radical (unpaired) electrons. The molecule has 11 aromatic rings. The molecule has 6 aliphatic rings. The van der Waals surface area contributed by atoms with Crippen LogP contribution in [-0.2, 0) is 25.7 Å². The normalized spacial score (nSPS) is 22.2. The van der Waals surface area contributed by atoms with Crippen LogP contribution in [0.2, 0.25) is 43.7 Å². The number of nitrogens with zero attached hydrogens (tertiary/aromatic N) is 6. The number of hydrogen-bond acceptors (Lipinski definition) is 10. The van der Waals surface area contributed by atoms with Gasteiger partial charge in [0, 0.05) is 165 Å². The number of aromatic nitrogens is 8. The minimum Gasteiger partial charge on any atom is -0.457 e. The molecule has 0 aliphatic carbocycles.